The number of hydrogen-bond donors (Lipinski definition) is 2. The van der Waals surface area contributed by atoms with Gasteiger partial charge in [-0.2, -0.15) is 20.7 Å². The highest BCUT2D eigenvalue weighted by atomic mass is 16.5. The molecule has 8 heteroatoms. The summed E-state index contributed by atoms with van der Waals surface area (Å²) in [7, 11) is 1.52. The smallest absolute Gasteiger partial charge is 0.237 e. The van der Waals surface area contributed by atoms with Gasteiger partial charge in [0.1, 0.15) is 18.7 Å². The van der Waals surface area contributed by atoms with Gasteiger partial charge in [0, 0.05) is 12.3 Å². The quantitative estimate of drug-likeness (QED) is 0.619. The summed E-state index contributed by atoms with van der Waals surface area (Å²) in [5.41, 5.74) is 3.74. The van der Waals surface area contributed by atoms with Crippen molar-refractivity contribution in [2.75, 3.05) is 12.5 Å². The van der Waals surface area contributed by atoms with Crippen molar-refractivity contribution < 1.29 is 9.47 Å². The Hall–Kier alpha value is -3.52. The molecule has 0 spiro atoms. The predicted molar refractivity (Wildman–Crippen MR) is 78.2 cm³/mol. The predicted octanol–water partition coefficient (Wildman–Crippen LogP) is 1.81. The van der Waals surface area contributed by atoms with Crippen LogP contribution in [0, 0.1) is 22.7 Å². The largest absolute Gasteiger partial charge is 0.493 e. The first kappa shape index (κ1) is 14.9. The van der Waals surface area contributed by atoms with Gasteiger partial charge in [0.25, 0.3) is 0 Å². The lowest BCUT2D eigenvalue weighted by atomic mass is 10.3. The van der Waals surface area contributed by atoms with E-state index in [1.54, 1.807) is 36.5 Å². The fourth-order valence-corrected chi connectivity index (χ4v) is 1.57. The van der Waals surface area contributed by atoms with Crippen LogP contribution in [0.1, 0.15) is 5.69 Å². The topological polar surface area (TPSA) is 119 Å². The molecule has 0 aliphatic carbocycles. The molecule has 8 nitrogen and oxygen atoms in total. The van der Waals surface area contributed by atoms with Crippen molar-refractivity contribution in [1.82, 2.24) is 10.2 Å². The second-order valence-electron chi connectivity index (χ2n) is 4.03. The van der Waals surface area contributed by atoms with Crippen molar-refractivity contribution in [1.29, 1.82) is 10.5 Å². The molecule has 2 aromatic rings. The number of hydrazone groups is 1. The molecule has 1 aromatic heterocycles. The summed E-state index contributed by atoms with van der Waals surface area (Å²) in [5.74, 6) is 1.04. The van der Waals surface area contributed by atoms with Crippen molar-refractivity contribution in [3.8, 4) is 23.6 Å². The molecular weight excluding hydrogens is 284 g/mol. The van der Waals surface area contributed by atoms with E-state index in [2.05, 4.69) is 20.7 Å². The van der Waals surface area contributed by atoms with Crippen molar-refractivity contribution >= 4 is 11.4 Å². The molecule has 1 heterocycles. The van der Waals surface area contributed by atoms with Gasteiger partial charge in [-0.05, 0) is 18.2 Å². The number of aromatic amines is 1. The molecule has 2 N–H and O–H groups in total. The first-order valence-corrected chi connectivity index (χ1v) is 6.20. The molecule has 110 valence electrons. The highest BCUT2D eigenvalue weighted by molar-refractivity contribution is 6.10. The van der Waals surface area contributed by atoms with Crippen LogP contribution in [0.25, 0.3) is 0 Å². The lowest BCUT2D eigenvalue weighted by Crippen LogP contribution is -2.00. The summed E-state index contributed by atoms with van der Waals surface area (Å²) in [5, 5.41) is 27.5. The second-order valence-corrected chi connectivity index (χ2v) is 4.03. The molecule has 22 heavy (non-hydrogen) atoms. The summed E-state index contributed by atoms with van der Waals surface area (Å²) in [6.45, 7) is 0.328. The molecule has 0 saturated carbocycles. The average molecular weight is 296 g/mol. The normalized spacial score (nSPS) is 9.23. The minimum Gasteiger partial charge on any atom is -0.493 e. The molecule has 0 fully saturated rings. The zero-order chi connectivity index (χ0) is 15.8. The second kappa shape index (κ2) is 7.31. The van der Waals surface area contributed by atoms with Crippen molar-refractivity contribution in [3.63, 3.8) is 0 Å². The van der Waals surface area contributed by atoms with Gasteiger partial charge in [-0.3, -0.25) is 10.5 Å². The van der Waals surface area contributed by atoms with Gasteiger partial charge >= 0.3 is 0 Å². The van der Waals surface area contributed by atoms with Crippen LogP contribution < -0.4 is 14.9 Å². The van der Waals surface area contributed by atoms with E-state index in [4.69, 9.17) is 20.0 Å². The van der Waals surface area contributed by atoms with Gasteiger partial charge < -0.3 is 9.47 Å². The van der Waals surface area contributed by atoms with Crippen LogP contribution >= 0.6 is 0 Å². The Morgan fingerprint density at radius 2 is 2.14 bits per heavy atom. The van der Waals surface area contributed by atoms with E-state index in [0.29, 0.717) is 23.8 Å². The highest BCUT2D eigenvalue weighted by Gasteiger charge is 2.07. The minimum atomic E-state index is -0.265. The fraction of sp³-hybridized carbons (Fsp3) is 0.143. The summed E-state index contributed by atoms with van der Waals surface area (Å²) in [4.78, 5) is 0. The molecule has 0 unspecified atom stereocenters. The molecule has 0 amide bonds. The number of anilines is 1. The van der Waals surface area contributed by atoms with Crippen molar-refractivity contribution in [2.24, 2.45) is 5.10 Å². The number of benzene rings is 1. The maximum Gasteiger partial charge on any atom is 0.237 e. The van der Waals surface area contributed by atoms with Crippen LogP contribution in [0.15, 0.2) is 35.6 Å². The van der Waals surface area contributed by atoms with Gasteiger partial charge in [0.15, 0.2) is 11.5 Å². The third-order valence-corrected chi connectivity index (χ3v) is 2.61. The van der Waals surface area contributed by atoms with E-state index in [0.717, 1.165) is 5.69 Å². The van der Waals surface area contributed by atoms with E-state index in [1.165, 1.54) is 7.11 Å². The van der Waals surface area contributed by atoms with Crippen LogP contribution in [-0.2, 0) is 6.61 Å². The number of ether oxygens (including phenoxy) is 2. The molecule has 2 rings (SSSR count). The maximum absolute atomic E-state index is 8.61. The molecule has 0 bridgehead atoms. The van der Waals surface area contributed by atoms with Gasteiger partial charge in [-0.25, -0.2) is 0 Å². The molecular formula is C14H12N6O2. The molecule has 0 aliphatic rings. The van der Waals surface area contributed by atoms with E-state index >= 15 is 0 Å². The van der Waals surface area contributed by atoms with Gasteiger partial charge in [-0.15, -0.1) is 0 Å². The maximum atomic E-state index is 8.61. The molecule has 0 aliphatic heterocycles. The Morgan fingerprint density at radius 1 is 1.32 bits per heavy atom. The lowest BCUT2D eigenvalue weighted by molar-refractivity contribution is 0.280. The summed E-state index contributed by atoms with van der Waals surface area (Å²) in [6.07, 6.45) is 1.64. The summed E-state index contributed by atoms with van der Waals surface area (Å²) in [6, 6.07) is 10.2. The Morgan fingerprint density at radius 3 is 2.77 bits per heavy atom. The van der Waals surface area contributed by atoms with Crippen LogP contribution in [0.5, 0.6) is 11.5 Å². The standard InChI is InChI=1S/C14H12N6O2/c1-21-14-6-10(19-20-12(7-15)8-16)2-3-13(14)22-9-11-4-5-17-18-11/h2-6,19H,9H2,1H3,(H,17,18). The highest BCUT2D eigenvalue weighted by Crippen LogP contribution is 2.30. The van der Waals surface area contributed by atoms with Crippen LogP contribution in [-0.4, -0.2) is 23.0 Å². The molecule has 0 saturated heterocycles. The Balaban J connectivity index is 2.09. The van der Waals surface area contributed by atoms with Crippen LogP contribution in [0.3, 0.4) is 0 Å². The number of hydrogen-bond acceptors (Lipinski definition) is 7. The van der Waals surface area contributed by atoms with Crippen molar-refractivity contribution in [3.05, 3.63) is 36.2 Å². The SMILES string of the molecule is COc1cc(NN=C(C#N)C#N)ccc1OCc1ccn[nH]1. The summed E-state index contributed by atoms with van der Waals surface area (Å²) < 4.78 is 10.9. The molecule has 0 atom stereocenters. The first-order chi connectivity index (χ1) is 10.8. The third-order valence-electron chi connectivity index (χ3n) is 2.61. The number of nitriles is 2. The fourth-order valence-electron chi connectivity index (χ4n) is 1.57. The number of H-pyrrole nitrogens is 1. The molecule has 1 aromatic carbocycles. The average Bonchev–Trinajstić information content (AvgIpc) is 3.07. The molecule has 0 radical (unpaired) electrons. The number of methoxy groups -OCH3 is 1. The van der Waals surface area contributed by atoms with Gasteiger partial charge in [-0.1, -0.05) is 0 Å². The Labute approximate surface area is 126 Å². The Kier molecular flexibility index (Phi) is 4.95. The van der Waals surface area contributed by atoms with E-state index in [9.17, 15) is 0 Å². The monoisotopic (exact) mass is 296 g/mol. The van der Waals surface area contributed by atoms with Gasteiger partial charge in [0.2, 0.25) is 5.71 Å². The number of nitrogens with one attached hydrogen (secondary N) is 2. The van der Waals surface area contributed by atoms with Crippen LogP contribution in [0.4, 0.5) is 5.69 Å². The first-order valence-electron chi connectivity index (χ1n) is 6.20. The third kappa shape index (κ3) is 3.74. The Bertz CT molecular complexity index is 724. The number of aromatic nitrogens is 2. The lowest BCUT2D eigenvalue weighted by Gasteiger charge is -2.11. The van der Waals surface area contributed by atoms with E-state index in [1.807, 2.05) is 6.07 Å². The number of nitrogens with zero attached hydrogens (tertiary/aromatic N) is 4. The number of rotatable bonds is 6. The minimum absolute atomic E-state index is 0.265. The zero-order valence-corrected chi connectivity index (χ0v) is 11.7. The zero-order valence-electron chi connectivity index (χ0n) is 11.7. The van der Waals surface area contributed by atoms with E-state index in [-0.39, 0.29) is 5.71 Å². The van der Waals surface area contributed by atoms with Gasteiger partial charge in [0.05, 0.1) is 18.5 Å². The summed E-state index contributed by atoms with van der Waals surface area (Å²) >= 11 is 0. The van der Waals surface area contributed by atoms with Crippen LogP contribution in [0.2, 0.25) is 0 Å². The van der Waals surface area contributed by atoms with Crippen molar-refractivity contribution in [2.45, 2.75) is 6.61 Å². The van der Waals surface area contributed by atoms with E-state index < -0.39 is 0 Å².